The molecule has 0 bridgehead atoms. The first-order valence-electron chi connectivity index (χ1n) is 9.33. The number of nitrogens with one attached hydrogen (secondary N) is 1. The molecule has 1 fully saturated rings. The molecule has 0 atom stereocenters. The minimum Gasteiger partial charge on any atom is -0.492 e. The number of hydrazine groups is 1. The summed E-state index contributed by atoms with van der Waals surface area (Å²) in [6, 6.07) is 6.51. The van der Waals surface area contributed by atoms with E-state index in [-0.39, 0.29) is 0 Å². The Labute approximate surface area is 159 Å². The standard InChI is InChI=1S/C20H24N6O/c1-3-27-17-10-18(20-16(11-21)13-24(2)26(20)14-17)15-4-5-19(23-12-15)25-8-6-22-7-9-25/h4-5,10,12,14,22H,3,6-9,13H2,1-2H3. The smallest absolute Gasteiger partial charge is 0.137 e. The Morgan fingerprint density at radius 2 is 2.11 bits per heavy atom. The molecule has 140 valence electrons. The van der Waals surface area contributed by atoms with Crippen molar-refractivity contribution < 1.29 is 4.74 Å². The molecular formula is C20H24N6O. The van der Waals surface area contributed by atoms with Crippen molar-refractivity contribution >= 4 is 11.4 Å². The van der Waals surface area contributed by atoms with Gasteiger partial charge in [0.25, 0.3) is 0 Å². The van der Waals surface area contributed by atoms with Crippen LogP contribution in [0.1, 0.15) is 12.5 Å². The molecule has 0 amide bonds. The van der Waals surface area contributed by atoms with Crippen LogP contribution in [0.25, 0.3) is 5.57 Å². The quantitative estimate of drug-likeness (QED) is 0.872. The second-order valence-corrected chi connectivity index (χ2v) is 6.76. The van der Waals surface area contributed by atoms with Crippen LogP contribution in [0.3, 0.4) is 0 Å². The molecule has 1 saturated heterocycles. The number of hydrogen-bond acceptors (Lipinski definition) is 7. The van der Waals surface area contributed by atoms with Crippen molar-refractivity contribution in [3.63, 3.8) is 0 Å². The highest BCUT2D eigenvalue weighted by atomic mass is 16.5. The largest absolute Gasteiger partial charge is 0.492 e. The summed E-state index contributed by atoms with van der Waals surface area (Å²) in [7, 11) is 1.97. The average molecular weight is 364 g/mol. The van der Waals surface area contributed by atoms with Crippen molar-refractivity contribution in [3.05, 3.63) is 53.2 Å². The average Bonchev–Trinajstić information content (AvgIpc) is 3.04. The molecule has 0 aromatic carbocycles. The first kappa shape index (κ1) is 17.6. The highest BCUT2D eigenvalue weighted by Crippen LogP contribution is 2.38. The van der Waals surface area contributed by atoms with E-state index < -0.39 is 0 Å². The number of pyridine rings is 1. The van der Waals surface area contributed by atoms with E-state index in [1.807, 2.05) is 42.5 Å². The van der Waals surface area contributed by atoms with E-state index in [2.05, 4.69) is 28.4 Å². The lowest BCUT2D eigenvalue weighted by Gasteiger charge is -2.31. The SMILES string of the molecule is CCOC1=CN2C(=C(C#N)CN2C)C(c2ccc(N3CCNCC3)nc2)=C1. The molecule has 7 nitrogen and oxygen atoms in total. The van der Waals surface area contributed by atoms with Gasteiger partial charge in [-0.3, -0.25) is 5.01 Å². The van der Waals surface area contributed by atoms with E-state index in [1.165, 1.54) is 0 Å². The van der Waals surface area contributed by atoms with Crippen LogP contribution in [0.2, 0.25) is 0 Å². The monoisotopic (exact) mass is 364 g/mol. The van der Waals surface area contributed by atoms with Gasteiger partial charge in [-0.2, -0.15) is 5.26 Å². The third kappa shape index (κ3) is 3.29. The van der Waals surface area contributed by atoms with Gasteiger partial charge in [0.15, 0.2) is 0 Å². The summed E-state index contributed by atoms with van der Waals surface area (Å²) >= 11 is 0. The maximum absolute atomic E-state index is 9.60. The van der Waals surface area contributed by atoms with Gasteiger partial charge in [0.1, 0.15) is 11.6 Å². The number of likely N-dealkylation sites (N-methyl/N-ethyl adjacent to an activating group) is 1. The summed E-state index contributed by atoms with van der Waals surface area (Å²) in [5.74, 6) is 1.78. The number of fused-ring (bicyclic) bond motifs is 1. The first-order chi connectivity index (χ1) is 13.2. The van der Waals surface area contributed by atoms with E-state index in [4.69, 9.17) is 9.72 Å². The molecule has 27 heavy (non-hydrogen) atoms. The second-order valence-electron chi connectivity index (χ2n) is 6.76. The van der Waals surface area contributed by atoms with Crippen molar-refractivity contribution in [1.29, 1.82) is 5.26 Å². The lowest BCUT2D eigenvalue weighted by Crippen LogP contribution is -2.43. The Morgan fingerprint density at radius 1 is 1.30 bits per heavy atom. The number of nitrogens with zero attached hydrogens (tertiary/aromatic N) is 5. The zero-order chi connectivity index (χ0) is 18.8. The van der Waals surface area contributed by atoms with Crippen LogP contribution in [0.4, 0.5) is 5.82 Å². The molecule has 3 aliphatic heterocycles. The van der Waals surface area contributed by atoms with Crippen LogP contribution in [0.5, 0.6) is 0 Å². The van der Waals surface area contributed by atoms with Crippen molar-refractivity contribution in [3.8, 4) is 6.07 Å². The number of rotatable bonds is 4. The molecule has 4 rings (SSSR count). The Balaban J connectivity index is 1.69. The van der Waals surface area contributed by atoms with E-state index in [0.717, 1.165) is 60.2 Å². The van der Waals surface area contributed by atoms with Crippen LogP contribution in [0.15, 0.2) is 47.6 Å². The van der Waals surface area contributed by atoms with Gasteiger partial charge in [-0.1, -0.05) is 0 Å². The Morgan fingerprint density at radius 3 is 2.78 bits per heavy atom. The van der Waals surface area contributed by atoms with Crippen LogP contribution < -0.4 is 10.2 Å². The third-order valence-electron chi connectivity index (χ3n) is 5.01. The normalized spacial score (nSPS) is 20.2. The summed E-state index contributed by atoms with van der Waals surface area (Å²) in [5, 5.41) is 17.0. The van der Waals surface area contributed by atoms with Crippen molar-refractivity contribution in [2.75, 3.05) is 51.3 Å². The number of anilines is 1. The Bertz CT molecular complexity index is 842. The van der Waals surface area contributed by atoms with Crippen LogP contribution in [-0.4, -0.2) is 61.4 Å². The summed E-state index contributed by atoms with van der Waals surface area (Å²) in [5.41, 5.74) is 3.63. The molecule has 0 unspecified atom stereocenters. The van der Waals surface area contributed by atoms with Gasteiger partial charge in [0.05, 0.1) is 36.7 Å². The lowest BCUT2D eigenvalue weighted by atomic mass is 9.98. The molecule has 1 aromatic heterocycles. The predicted octanol–water partition coefficient (Wildman–Crippen LogP) is 1.71. The summed E-state index contributed by atoms with van der Waals surface area (Å²) in [6.45, 7) is 7.05. The molecule has 1 N–H and O–H groups in total. The molecule has 7 heteroatoms. The number of aromatic nitrogens is 1. The maximum atomic E-state index is 9.60. The zero-order valence-corrected chi connectivity index (χ0v) is 15.8. The van der Waals surface area contributed by atoms with Gasteiger partial charge in [-0.05, 0) is 25.1 Å². The highest BCUT2D eigenvalue weighted by Gasteiger charge is 2.32. The minimum absolute atomic E-state index is 0.589. The molecule has 3 aliphatic rings. The number of allylic oxidation sites excluding steroid dienone is 2. The van der Waals surface area contributed by atoms with Gasteiger partial charge in [-0.25, -0.2) is 9.99 Å². The van der Waals surface area contributed by atoms with Gasteiger partial charge in [0.2, 0.25) is 0 Å². The number of nitriles is 1. The summed E-state index contributed by atoms with van der Waals surface area (Å²) < 4.78 is 5.75. The molecule has 4 heterocycles. The van der Waals surface area contributed by atoms with Crippen molar-refractivity contribution in [1.82, 2.24) is 20.3 Å². The third-order valence-corrected chi connectivity index (χ3v) is 5.01. The summed E-state index contributed by atoms with van der Waals surface area (Å²) in [4.78, 5) is 6.98. The highest BCUT2D eigenvalue weighted by molar-refractivity contribution is 5.83. The number of hydrogen-bond donors (Lipinski definition) is 1. The first-order valence-corrected chi connectivity index (χ1v) is 9.33. The van der Waals surface area contributed by atoms with Gasteiger partial charge < -0.3 is 15.0 Å². The van der Waals surface area contributed by atoms with Gasteiger partial charge in [-0.15, -0.1) is 0 Å². The fraction of sp³-hybridized carbons (Fsp3) is 0.400. The van der Waals surface area contributed by atoms with Crippen molar-refractivity contribution in [2.24, 2.45) is 0 Å². The number of ether oxygens (including phenoxy) is 1. The van der Waals surface area contributed by atoms with E-state index in [0.29, 0.717) is 13.2 Å². The fourth-order valence-corrected chi connectivity index (χ4v) is 3.69. The molecule has 0 spiro atoms. The van der Waals surface area contributed by atoms with E-state index in [1.54, 1.807) is 0 Å². The molecule has 0 aliphatic carbocycles. The molecule has 1 aromatic rings. The van der Waals surface area contributed by atoms with E-state index >= 15 is 0 Å². The molecule has 0 radical (unpaired) electrons. The van der Waals surface area contributed by atoms with E-state index in [9.17, 15) is 5.26 Å². The Hall–Kier alpha value is -2.82. The zero-order valence-electron chi connectivity index (χ0n) is 15.8. The van der Waals surface area contributed by atoms with Crippen LogP contribution in [0, 0.1) is 11.3 Å². The van der Waals surface area contributed by atoms with Gasteiger partial charge >= 0.3 is 0 Å². The van der Waals surface area contributed by atoms with Crippen molar-refractivity contribution in [2.45, 2.75) is 6.92 Å². The molecule has 0 saturated carbocycles. The lowest BCUT2D eigenvalue weighted by molar-refractivity contribution is 0.120. The second kappa shape index (κ2) is 7.43. The van der Waals surface area contributed by atoms with Gasteiger partial charge in [0, 0.05) is 50.6 Å². The maximum Gasteiger partial charge on any atom is 0.137 e. The Kier molecular flexibility index (Phi) is 4.84. The van der Waals surface area contributed by atoms with Crippen LogP contribution >= 0.6 is 0 Å². The van der Waals surface area contributed by atoms with Crippen LogP contribution in [-0.2, 0) is 4.74 Å². The predicted molar refractivity (Wildman–Crippen MR) is 104 cm³/mol. The fourth-order valence-electron chi connectivity index (χ4n) is 3.69. The minimum atomic E-state index is 0.589. The molecular weight excluding hydrogens is 340 g/mol. The number of piperazine rings is 1. The topological polar surface area (TPSA) is 67.7 Å². The summed E-state index contributed by atoms with van der Waals surface area (Å²) in [6.07, 6.45) is 5.85.